The van der Waals surface area contributed by atoms with Gasteiger partial charge in [-0.3, -0.25) is 0 Å². The minimum absolute atomic E-state index is 0.150. The van der Waals surface area contributed by atoms with Crippen molar-refractivity contribution in [2.45, 2.75) is 73.0 Å². The maximum absolute atomic E-state index is 12.3. The molecule has 0 saturated carbocycles. The number of aryl methyl sites for hydroxylation is 2. The molecule has 1 aliphatic carbocycles. The molecule has 0 amide bonds. The Morgan fingerprint density at radius 3 is 1.33 bits per heavy atom. The average molecular weight is 659 g/mol. The van der Waals surface area contributed by atoms with Crippen molar-refractivity contribution < 1.29 is 28.5 Å². The SMILES string of the molecule is C=C(C)C(=O)OC(C)COc1c(C2(c3ccc(C)c(C)c3OCC(C)OC(=O)C(=C)C)c3ccccc3-c3ccccc32)ccc(C)c1C. The molecule has 4 aromatic rings. The molecule has 2 atom stereocenters. The molecular weight excluding hydrogens is 612 g/mol. The predicted molar refractivity (Wildman–Crippen MR) is 194 cm³/mol. The molecule has 1 aliphatic rings. The molecule has 2 unspecified atom stereocenters. The van der Waals surface area contributed by atoms with E-state index in [4.69, 9.17) is 18.9 Å². The van der Waals surface area contributed by atoms with Crippen LogP contribution in [0, 0.1) is 27.7 Å². The van der Waals surface area contributed by atoms with Crippen LogP contribution in [0.5, 0.6) is 11.5 Å². The number of benzene rings is 4. The van der Waals surface area contributed by atoms with Crippen molar-refractivity contribution in [2.75, 3.05) is 13.2 Å². The van der Waals surface area contributed by atoms with Crippen LogP contribution in [-0.2, 0) is 24.5 Å². The first-order valence-corrected chi connectivity index (χ1v) is 16.7. The highest BCUT2D eigenvalue weighted by molar-refractivity contribution is 5.89. The monoisotopic (exact) mass is 658 g/mol. The highest BCUT2D eigenvalue weighted by Crippen LogP contribution is 2.60. The lowest BCUT2D eigenvalue weighted by molar-refractivity contribution is -0.145. The lowest BCUT2D eigenvalue weighted by Crippen LogP contribution is -2.32. The molecule has 0 spiro atoms. The molecule has 0 bridgehead atoms. The highest BCUT2D eigenvalue weighted by Gasteiger charge is 2.49. The fraction of sp³-hybridized carbons (Fsp3) is 0.302. The molecular formula is C43H46O6. The quantitative estimate of drug-likeness (QED) is 0.0984. The van der Waals surface area contributed by atoms with E-state index in [-0.39, 0.29) is 13.2 Å². The number of carbonyl (C=O) groups is 2. The smallest absolute Gasteiger partial charge is 0.333 e. The van der Waals surface area contributed by atoms with Crippen LogP contribution in [0.3, 0.4) is 0 Å². The molecule has 0 aliphatic heterocycles. The van der Waals surface area contributed by atoms with Crippen molar-refractivity contribution in [2.24, 2.45) is 0 Å². The predicted octanol–water partition coefficient (Wildman–Crippen LogP) is 9.06. The third-order valence-electron chi connectivity index (χ3n) is 9.35. The van der Waals surface area contributed by atoms with Crippen LogP contribution >= 0.6 is 0 Å². The van der Waals surface area contributed by atoms with E-state index < -0.39 is 29.6 Å². The van der Waals surface area contributed by atoms with Crippen molar-refractivity contribution in [3.8, 4) is 22.6 Å². The number of esters is 2. The number of hydrogen-bond donors (Lipinski definition) is 0. The van der Waals surface area contributed by atoms with E-state index in [0.29, 0.717) is 11.1 Å². The highest BCUT2D eigenvalue weighted by atomic mass is 16.6. The van der Waals surface area contributed by atoms with E-state index in [1.807, 2.05) is 13.8 Å². The van der Waals surface area contributed by atoms with Gasteiger partial charge in [-0.05, 0) is 99.9 Å². The van der Waals surface area contributed by atoms with Crippen LogP contribution in [0.25, 0.3) is 11.1 Å². The summed E-state index contributed by atoms with van der Waals surface area (Å²) in [7, 11) is 0. The molecule has 4 aromatic carbocycles. The summed E-state index contributed by atoms with van der Waals surface area (Å²) in [5, 5.41) is 0. The van der Waals surface area contributed by atoms with E-state index in [9.17, 15) is 9.59 Å². The molecule has 5 rings (SSSR count). The van der Waals surface area contributed by atoms with Crippen molar-refractivity contribution in [3.63, 3.8) is 0 Å². The largest absolute Gasteiger partial charge is 0.489 e. The maximum Gasteiger partial charge on any atom is 0.333 e. The zero-order valence-electron chi connectivity index (χ0n) is 29.9. The summed E-state index contributed by atoms with van der Waals surface area (Å²) in [4.78, 5) is 24.7. The first-order valence-electron chi connectivity index (χ1n) is 16.7. The molecule has 0 N–H and O–H groups in total. The number of fused-ring (bicyclic) bond motifs is 3. The van der Waals surface area contributed by atoms with Crippen molar-refractivity contribution in [1.82, 2.24) is 0 Å². The Morgan fingerprint density at radius 1 is 0.592 bits per heavy atom. The third kappa shape index (κ3) is 6.52. The number of hydrogen-bond acceptors (Lipinski definition) is 6. The first-order chi connectivity index (χ1) is 23.3. The van der Waals surface area contributed by atoms with E-state index in [2.05, 4.69) is 114 Å². The van der Waals surface area contributed by atoms with Gasteiger partial charge in [-0.25, -0.2) is 9.59 Å². The zero-order valence-corrected chi connectivity index (χ0v) is 29.9. The van der Waals surface area contributed by atoms with Crippen LogP contribution in [0.15, 0.2) is 97.1 Å². The van der Waals surface area contributed by atoms with E-state index in [1.54, 1.807) is 13.8 Å². The second-order valence-corrected chi connectivity index (χ2v) is 13.2. The van der Waals surface area contributed by atoms with Crippen molar-refractivity contribution >= 4 is 11.9 Å². The van der Waals surface area contributed by atoms with Gasteiger partial charge in [0.15, 0.2) is 0 Å². The Bertz CT molecular complexity index is 1810. The standard InChI is InChI=1S/C43H46O6/c1-25(2)41(44)48-29(7)23-46-39-31(9)27(5)19-21-37(39)43(35-17-13-11-15-33(35)34-16-12-14-18-36(34)43)38-22-20-28(6)32(10)40(38)47-24-30(8)49-42(45)26(3)4/h11-22,29-30H,1,3,23-24H2,2,4-10H3. The van der Waals surface area contributed by atoms with Gasteiger partial charge < -0.3 is 18.9 Å². The van der Waals surface area contributed by atoms with Crippen LogP contribution in [0.2, 0.25) is 0 Å². The summed E-state index contributed by atoms with van der Waals surface area (Å²) < 4.78 is 24.7. The molecule has 6 heteroatoms. The molecule has 0 radical (unpaired) electrons. The van der Waals surface area contributed by atoms with Gasteiger partial charge in [0, 0.05) is 22.3 Å². The van der Waals surface area contributed by atoms with Gasteiger partial charge in [-0.15, -0.1) is 0 Å². The van der Waals surface area contributed by atoms with E-state index in [1.165, 1.54) is 0 Å². The Balaban J connectivity index is 1.77. The Morgan fingerprint density at radius 2 is 0.959 bits per heavy atom. The Hall–Kier alpha value is -5.10. The number of rotatable bonds is 12. The second-order valence-electron chi connectivity index (χ2n) is 13.2. The first kappa shape index (κ1) is 35.2. The molecule has 49 heavy (non-hydrogen) atoms. The number of carbonyl (C=O) groups excluding carboxylic acids is 2. The zero-order chi connectivity index (χ0) is 35.6. The van der Waals surface area contributed by atoms with Crippen LogP contribution in [0.4, 0.5) is 0 Å². The van der Waals surface area contributed by atoms with E-state index >= 15 is 0 Å². The molecule has 0 aromatic heterocycles. The van der Waals surface area contributed by atoms with E-state index in [0.717, 1.165) is 67.1 Å². The van der Waals surface area contributed by atoms with Gasteiger partial charge in [0.1, 0.15) is 36.9 Å². The summed E-state index contributed by atoms with van der Waals surface area (Å²) in [6.45, 7) is 22.9. The summed E-state index contributed by atoms with van der Waals surface area (Å²) in [5.74, 6) is 0.537. The fourth-order valence-corrected chi connectivity index (χ4v) is 6.54. The van der Waals surface area contributed by atoms with Crippen LogP contribution in [0.1, 0.15) is 72.2 Å². The van der Waals surface area contributed by atoms with Crippen molar-refractivity contribution in [3.05, 3.63) is 142 Å². The maximum atomic E-state index is 12.3. The van der Waals surface area contributed by atoms with Crippen LogP contribution in [-0.4, -0.2) is 37.4 Å². The van der Waals surface area contributed by atoms with Crippen molar-refractivity contribution in [1.29, 1.82) is 0 Å². The number of ether oxygens (including phenoxy) is 4. The minimum atomic E-state index is -0.857. The lowest BCUT2D eigenvalue weighted by Gasteiger charge is -2.37. The summed E-state index contributed by atoms with van der Waals surface area (Å²) in [6.07, 6.45) is -1.03. The minimum Gasteiger partial charge on any atom is -0.489 e. The molecule has 0 saturated heterocycles. The lowest BCUT2D eigenvalue weighted by atomic mass is 9.66. The van der Waals surface area contributed by atoms with Gasteiger partial charge in [0.25, 0.3) is 0 Å². The third-order valence-corrected chi connectivity index (χ3v) is 9.35. The average Bonchev–Trinajstić information content (AvgIpc) is 3.36. The van der Waals surface area contributed by atoms with Gasteiger partial charge in [-0.1, -0.05) is 86.0 Å². The van der Waals surface area contributed by atoms with Crippen LogP contribution < -0.4 is 9.47 Å². The summed E-state index contributed by atoms with van der Waals surface area (Å²) in [5.41, 5.74) is 10.3. The summed E-state index contributed by atoms with van der Waals surface area (Å²) >= 11 is 0. The Labute approximate surface area is 290 Å². The normalized spacial score (nSPS) is 13.8. The molecule has 0 fully saturated rings. The molecule has 254 valence electrons. The van der Waals surface area contributed by atoms with Gasteiger partial charge in [0.05, 0.1) is 5.41 Å². The van der Waals surface area contributed by atoms with Gasteiger partial charge in [-0.2, -0.15) is 0 Å². The topological polar surface area (TPSA) is 71.1 Å². The summed E-state index contributed by atoms with van der Waals surface area (Å²) in [6, 6.07) is 25.5. The second kappa shape index (κ2) is 14.2. The van der Waals surface area contributed by atoms with Gasteiger partial charge >= 0.3 is 11.9 Å². The molecule has 0 heterocycles. The molecule has 6 nitrogen and oxygen atoms in total. The van der Waals surface area contributed by atoms with Gasteiger partial charge in [0.2, 0.25) is 0 Å². The Kier molecular flexibility index (Phi) is 10.2. The fourth-order valence-electron chi connectivity index (χ4n) is 6.54.